The molecule has 2 aliphatic heterocycles. The Labute approximate surface area is 142 Å². The molecule has 7 heteroatoms. The fourth-order valence-corrected chi connectivity index (χ4v) is 4.21. The smallest absolute Gasteiger partial charge is 0.232 e. The fourth-order valence-electron chi connectivity index (χ4n) is 2.52. The summed E-state index contributed by atoms with van der Waals surface area (Å²) in [4.78, 5) is 23.2. The molecule has 0 saturated carbocycles. The predicted molar refractivity (Wildman–Crippen MR) is 95.5 cm³/mol. The average Bonchev–Trinajstić information content (AvgIpc) is 3.27. The second kappa shape index (κ2) is 6.17. The number of anilines is 1. The Morgan fingerprint density at radius 2 is 2.17 bits per heavy atom. The van der Waals surface area contributed by atoms with Crippen LogP contribution in [0.3, 0.4) is 0 Å². The molecule has 116 valence electrons. The van der Waals surface area contributed by atoms with Crippen molar-refractivity contribution in [2.45, 2.75) is 6.42 Å². The second-order valence-electron chi connectivity index (χ2n) is 5.17. The maximum absolute atomic E-state index is 12.2. The number of thiazole rings is 1. The number of benzene rings is 1. The zero-order valence-electron chi connectivity index (χ0n) is 12.2. The summed E-state index contributed by atoms with van der Waals surface area (Å²) in [6.45, 7) is 1.69. The summed E-state index contributed by atoms with van der Waals surface area (Å²) in [5.41, 5.74) is 2.95. The molecule has 1 aromatic carbocycles. The monoisotopic (exact) mass is 342 g/mol. The van der Waals surface area contributed by atoms with Crippen LogP contribution in [0.25, 0.3) is 11.3 Å². The molecular formula is C16H14N4OS2. The van der Waals surface area contributed by atoms with E-state index in [0.717, 1.165) is 35.2 Å². The fraction of sp³-hybridized carbons (Fsp3) is 0.188. The molecule has 0 atom stereocenters. The number of fused-ring (bicyclic) bond motifs is 1. The van der Waals surface area contributed by atoms with Crippen LogP contribution in [0.15, 0.2) is 51.8 Å². The van der Waals surface area contributed by atoms with Crippen LogP contribution in [0.2, 0.25) is 0 Å². The summed E-state index contributed by atoms with van der Waals surface area (Å²) in [7, 11) is 0. The summed E-state index contributed by atoms with van der Waals surface area (Å²) in [5.74, 6) is -0.0426. The Bertz CT molecular complexity index is 797. The molecule has 0 bridgehead atoms. The van der Waals surface area contributed by atoms with Gasteiger partial charge in [-0.2, -0.15) is 0 Å². The highest BCUT2D eigenvalue weighted by molar-refractivity contribution is 8.16. The SMILES string of the molecule is O=C(CC1=CSC2=NCCN12)Nc1nc(-c2ccccc2)cs1. The standard InChI is InChI=1S/C16H14N4OS2/c21-14(8-12-9-23-16-17-6-7-20(12)16)19-15-18-13(10-22-15)11-4-2-1-3-5-11/h1-5,9-10H,6-8H2,(H,18,19,21). The number of aromatic nitrogens is 1. The Balaban J connectivity index is 1.40. The molecule has 0 spiro atoms. The first kappa shape index (κ1) is 14.5. The van der Waals surface area contributed by atoms with Gasteiger partial charge >= 0.3 is 0 Å². The molecule has 1 amide bonds. The van der Waals surface area contributed by atoms with E-state index in [1.165, 1.54) is 11.3 Å². The van der Waals surface area contributed by atoms with Crippen LogP contribution >= 0.6 is 23.1 Å². The van der Waals surface area contributed by atoms with Gasteiger partial charge in [-0.05, 0) is 5.41 Å². The molecule has 4 rings (SSSR count). The molecule has 2 aromatic rings. The molecule has 3 heterocycles. The van der Waals surface area contributed by atoms with Gasteiger partial charge < -0.3 is 10.2 Å². The number of nitrogens with one attached hydrogen (secondary N) is 1. The maximum Gasteiger partial charge on any atom is 0.232 e. The second-order valence-corrected chi connectivity index (χ2v) is 6.87. The molecule has 0 aliphatic carbocycles. The first-order valence-corrected chi connectivity index (χ1v) is 9.04. The Morgan fingerprint density at radius 1 is 1.30 bits per heavy atom. The van der Waals surface area contributed by atoms with E-state index in [2.05, 4.69) is 20.2 Å². The first-order chi connectivity index (χ1) is 11.3. The quantitative estimate of drug-likeness (QED) is 0.925. The molecule has 1 aromatic heterocycles. The van der Waals surface area contributed by atoms with Crippen molar-refractivity contribution in [1.82, 2.24) is 9.88 Å². The first-order valence-electron chi connectivity index (χ1n) is 7.28. The third-order valence-corrected chi connectivity index (χ3v) is 5.32. The van der Waals surface area contributed by atoms with Crippen molar-refractivity contribution in [3.63, 3.8) is 0 Å². The predicted octanol–water partition coefficient (Wildman–Crippen LogP) is 3.40. The van der Waals surface area contributed by atoms with Gasteiger partial charge in [0, 0.05) is 23.2 Å². The average molecular weight is 342 g/mol. The summed E-state index contributed by atoms with van der Waals surface area (Å²) >= 11 is 3.04. The highest BCUT2D eigenvalue weighted by Crippen LogP contribution is 2.31. The van der Waals surface area contributed by atoms with Crippen LogP contribution in [0.4, 0.5) is 5.13 Å². The number of aliphatic imine (C=N–C) groups is 1. The lowest BCUT2D eigenvalue weighted by Gasteiger charge is -2.15. The van der Waals surface area contributed by atoms with Gasteiger partial charge in [0.1, 0.15) is 0 Å². The summed E-state index contributed by atoms with van der Waals surface area (Å²) in [6.07, 6.45) is 0.353. The number of carbonyl (C=O) groups excluding carboxylic acids is 1. The molecule has 23 heavy (non-hydrogen) atoms. The maximum atomic E-state index is 12.2. The van der Waals surface area contributed by atoms with Crippen LogP contribution < -0.4 is 5.32 Å². The Kier molecular flexibility index (Phi) is 3.88. The topological polar surface area (TPSA) is 57.6 Å². The summed E-state index contributed by atoms with van der Waals surface area (Å²) < 4.78 is 0. The molecule has 0 unspecified atom stereocenters. The van der Waals surface area contributed by atoms with Crippen molar-refractivity contribution < 1.29 is 4.79 Å². The normalized spacial score (nSPS) is 16.1. The van der Waals surface area contributed by atoms with Crippen LogP contribution in [0.5, 0.6) is 0 Å². The Hall–Kier alpha value is -2.12. The molecule has 0 radical (unpaired) electrons. The highest BCUT2D eigenvalue weighted by Gasteiger charge is 2.27. The largest absolute Gasteiger partial charge is 0.322 e. The van der Waals surface area contributed by atoms with Gasteiger partial charge in [-0.15, -0.1) is 11.3 Å². The number of hydrogen-bond donors (Lipinski definition) is 1. The van der Waals surface area contributed by atoms with Crippen molar-refractivity contribution in [2.75, 3.05) is 18.4 Å². The van der Waals surface area contributed by atoms with Gasteiger partial charge in [0.25, 0.3) is 0 Å². The van der Waals surface area contributed by atoms with E-state index in [4.69, 9.17) is 0 Å². The zero-order valence-corrected chi connectivity index (χ0v) is 13.9. The van der Waals surface area contributed by atoms with Crippen molar-refractivity contribution >= 4 is 39.3 Å². The zero-order chi connectivity index (χ0) is 15.6. The third-order valence-electron chi connectivity index (χ3n) is 3.61. The number of rotatable bonds is 4. The molecular weight excluding hydrogens is 328 g/mol. The number of hydrogen-bond acceptors (Lipinski definition) is 6. The number of thioether (sulfide) groups is 1. The van der Waals surface area contributed by atoms with E-state index in [0.29, 0.717) is 11.6 Å². The lowest BCUT2D eigenvalue weighted by atomic mass is 10.2. The van der Waals surface area contributed by atoms with Gasteiger partial charge in [-0.1, -0.05) is 42.1 Å². The summed E-state index contributed by atoms with van der Waals surface area (Å²) in [6, 6.07) is 9.95. The van der Waals surface area contributed by atoms with Gasteiger partial charge in [-0.25, -0.2) is 4.98 Å². The number of carbonyl (C=O) groups is 1. The third kappa shape index (κ3) is 3.02. The molecule has 1 N–H and O–H groups in total. The van der Waals surface area contributed by atoms with E-state index >= 15 is 0 Å². The van der Waals surface area contributed by atoms with E-state index < -0.39 is 0 Å². The van der Waals surface area contributed by atoms with E-state index in [-0.39, 0.29) is 5.91 Å². The number of nitrogens with zero attached hydrogens (tertiary/aromatic N) is 3. The van der Waals surface area contributed by atoms with E-state index in [1.807, 2.05) is 41.1 Å². The minimum Gasteiger partial charge on any atom is -0.322 e. The van der Waals surface area contributed by atoms with Gasteiger partial charge in [0.05, 0.1) is 18.7 Å². The lowest BCUT2D eigenvalue weighted by molar-refractivity contribution is -0.115. The van der Waals surface area contributed by atoms with Crippen LogP contribution in [-0.4, -0.2) is 34.0 Å². The molecule has 0 saturated heterocycles. The lowest BCUT2D eigenvalue weighted by Crippen LogP contribution is -2.24. The van der Waals surface area contributed by atoms with E-state index in [1.54, 1.807) is 11.8 Å². The van der Waals surface area contributed by atoms with Crippen molar-refractivity contribution in [3.8, 4) is 11.3 Å². The van der Waals surface area contributed by atoms with Gasteiger partial charge in [0.2, 0.25) is 5.91 Å². The van der Waals surface area contributed by atoms with Crippen LogP contribution in [0, 0.1) is 0 Å². The van der Waals surface area contributed by atoms with Crippen LogP contribution in [-0.2, 0) is 4.79 Å². The summed E-state index contributed by atoms with van der Waals surface area (Å²) in [5, 5.41) is 8.50. The number of amides is 1. The van der Waals surface area contributed by atoms with Crippen molar-refractivity contribution in [2.24, 2.45) is 4.99 Å². The van der Waals surface area contributed by atoms with Crippen molar-refractivity contribution in [1.29, 1.82) is 0 Å². The minimum absolute atomic E-state index is 0.0426. The van der Waals surface area contributed by atoms with Gasteiger partial charge in [0.15, 0.2) is 10.3 Å². The molecule has 5 nitrogen and oxygen atoms in total. The molecule has 2 aliphatic rings. The molecule has 0 fully saturated rings. The van der Waals surface area contributed by atoms with Crippen LogP contribution in [0.1, 0.15) is 6.42 Å². The highest BCUT2D eigenvalue weighted by atomic mass is 32.2. The minimum atomic E-state index is -0.0426. The number of amidine groups is 1. The van der Waals surface area contributed by atoms with E-state index in [9.17, 15) is 4.79 Å². The van der Waals surface area contributed by atoms with Gasteiger partial charge in [-0.3, -0.25) is 9.79 Å². The Morgan fingerprint density at radius 3 is 3.04 bits per heavy atom. The van der Waals surface area contributed by atoms with Crippen molar-refractivity contribution in [3.05, 3.63) is 46.8 Å².